The zero-order valence-corrected chi connectivity index (χ0v) is 11.8. The minimum Gasteiger partial charge on any atom is -0.489 e. The first-order valence-electron chi connectivity index (χ1n) is 5.56. The largest absolute Gasteiger partial charge is 0.489 e. The van der Waals surface area contributed by atoms with E-state index in [9.17, 15) is 12.8 Å². The first-order chi connectivity index (χ1) is 9.36. The molecular formula is C13H11ClFNO3S. The Bertz CT molecular complexity index is 717. The summed E-state index contributed by atoms with van der Waals surface area (Å²) in [5, 5.41) is 5.39. The molecule has 0 bridgehead atoms. The van der Waals surface area contributed by atoms with Crippen molar-refractivity contribution >= 4 is 21.6 Å². The molecule has 2 aromatic carbocycles. The summed E-state index contributed by atoms with van der Waals surface area (Å²) in [6, 6.07) is 9.70. The fourth-order valence-corrected chi connectivity index (χ4v) is 2.25. The maximum absolute atomic E-state index is 13.5. The number of halogens is 2. The van der Waals surface area contributed by atoms with E-state index in [0.29, 0.717) is 16.3 Å². The minimum absolute atomic E-state index is 0.0128. The first-order valence-corrected chi connectivity index (χ1v) is 7.48. The first kappa shape index (κ1) is 14.8. The number of nitrogens with two attached hydrogens (primary N) is 1. The molecule has 2 aromatic rings. The van der Waals surface area contributed by atoms with Gasteiger partial charge in [0.25, 0.3) is 0 Å². The van der Waals surface area contributed by atoms with Crippen LogP contribution in [0.25, 0.3) is 0 Å². The molecule has 0 saturated heterocycles. The summed E-state index contributed by atoms with van der Waals surface area (Å²) in [5.41, 5.74) is 0.313. The van der Waals surface area contributed by atoms with Crippen molar-refractivity contribution in [3.8, 4) is 5.75 Å². The van der Waals surface area contributed by atoms with Gasteiger partial charge in [-0.05, 0) is 42.5 Å². The van der Waals surface area contributed by atoms with Gasteiger partial charge in [-0.2, -0.15) is 0 Å². The SMILES string of the molecule is NS(=O)(=O)c1ccc(OCc2cc(Cl)ccc2F)cc1. The number of hydrogen-bond acceptors (Lipinski definition) is 3. The average molecular weight is 316 g/mol. The molecule has 7 heteroatoms. The zero-order valence-electron chi connectivity index (χ0n) is 10.2. The van der Waals surface area contributed by atoms with Crippen molar-refractivity contribution in [3.05, 3.63) is 58.9 Å². The van der Waals surface area contributed by atoms with Crippen LogP contribution in [0.15, 0.2) is 47.4 Å². The monoisotopic (exact) mass is 315 g/mol. The van der Waals surface area contributed by atoms with Crippen molar-refractivity contribution in [1.29, 1.82) is 0 Å². The summed E-state index contributed by atoms with van der Waals surface area (Å²) in [6.45, 7) is -0.0128. The lowest BCUT2D eigenvalue weighted by molar-refractivity contribution is 0.299. The van der Waals surface area contributed by atoms with E-state index in [2.05, 4.69) is 0 Å². The summed E-state index contributed by atoms with van der Waals surface area (Å²) < 4.78 is 41.0. The predicted molar refractivity (Wildman–Crippen MR) is 73.6 cm³/mol. The molecule has 0 fully saturated rings. The number of hydrogen-bond donors (Lipinski definition) is 1. The lowest BCUT2D eigenvalue weighted by atomic mass is 10.2. The van der Waals surface area contributed by atoms with E-state index in [-0.39, 0.29) is 11.5 Å². The zero-order chi connectivity index (χ0) is 14.8. The highest BCUT2D eigenvalue weighted by atomic mass is 35.5. The van der Waals surface area contributed by atoms with Crippen molar-refractivity contribution in [2.75, 3.05) is 0 Å². The molecule has 0 radical (unpaired) electrons. The molecule has 0 aliphatic rings. The molecule has 0 aliphatic carbocycles. The van der Waals surface area contributed by atoms with Gasteiger partial charge in [0.05, 0.1) is 4.90 Å². The lowest BCUT2D eigenvalue weighted by Crippen LogP contribution is -2.11. The van der Waals surface area contributed by atoms with Crippen LogP contribution >= 0.6 is 11.6 Å². The number of ether oxygens (including phenoxy) is 1. The highest BCUT2D eigenvalue weighted by molar-refractivity contribution is 7.89. The van der Waals surface area contributed by atoms with Crippen LogP contribution in [-0.4, -0.2) is 8.42 Å². The van der Waals surface area contributed by atoms with Crippen LogP contribution in [0.2, 0.25) is 5.02 Å². The van der Waals surface area contributed by atoms with Gasteiger partial charge >= 0.3 is 0 Å². The van der Waals surface area contributed by atoms with Crippen molar-refractivity contribution in [2.45, 2.75) is 11.5 Å². The third-order valence-electron chi connectivity index (χ3n) is 2.55. The van der Waals surface area contributed by atoms with Crippen LogP contribution in [0, 0.1) is 5.82 Å². The van der Waals surface area contributed by atoms with Gasteiger partial charge in [-0.3, -0.25) is 0 Å². The summed E-state index contributed by atoms with van der Waals surface area (Å²) in [4.78, 5) is -0.0150. The Hall–Kier alpha value is -1.63. The van der Waals surface area contributed by atoms with E-state index < -0.39 is 15.8 Å². The Balaban J connectivity index is 2.10. The Morgan fingerprint density at radius 3 is 2.40 bits per heavy atom. The van der Waals surface area contributed by atoms with Gasteiger partial charge in [0, 0.05) is 10.6 Å². The van der Waals surface area contributed by atoms with E-state index >= 15 is 0 Å². The molecular weight excluding hydrogens is 305 g/mol. The third kappa shape index (κ3) is 3.69. The molecule has 0 atom stereocenters. The van der Waals surface area contributed by atoms with Crippen LogP contribution < -0.4 is 9.88 Å². The van der Waals surface area contributed by atoms with Gasteiger partial charge in [-0.1, -0.05) is 11.6 Å². The second-order valence-electron chi connectivity index (χ2n) is 4.04. The van der Waals surface area contributed by atoms with E-state index in [0.717, 1.165) is 0 Å². The molecule has 0 amide bonds. The van der Waals surface area contributed by atoms with Crippen molar-refractivity contribution in [3.63, 3.8) is 0 Å². The number of benzene rings is 2. The molecule has 0 saturated carbocycles. The molecule has 0 unspecified atom stereocenters. The van der Waals surface area contributed by atoms with Gasteiger partial charge in [0.15, 0.2) is 0 Å². The number of rotatable bonds is 4. The molecule has 0 spiro atoms. The highest BCUT2D eigenvalue weighted by Crippen LogP contribution is 2.19. The molecule has 0 heterocycles. The summed E-state index contributed by atoms with van der Waals surface area (Å²) in [7, 11) is -3.73. The summed E-state index contributed by atoms with van der Waals surface area (Å²) >= 11 is 5.77. The lowest BCUT2D eigenvalue weighted by Gasteiger charge is -2.08. The van der Waals surface area contributed by atoms with Gasteiger partial charge in [-0.25, -0.2) is 17.9 Å². The number of primary sulfonamides is 1. The van der Waals surface area contributed by atoms with E-state index in [1.54, 1.807) is 0 Å². The molecule has 2 rings (SSSR count). The average Bonchev–Trinajstić information content (AvgIpc) is 2.39. The molecule has 4 nitrogen and oxygen atoms in total. The smallest absolute Gasteiger partial charge is 0.238 e. The standard InChI is InChI=1S/C13H11ClFNO3S/c14-10-1-6-13(15)9(7-10)8-19-11-2-4-12(5-3-11)20(16,17)18/h1-7H,8H2,(H2,16,17,18). The molecule has 2 N–H and O–H groups in total. The van der Waals surface area contributed by atoms with Gasteiger partial charge in [-0.15, -0.1) is 0 Å². The molecule has 106 valence electrons. The van der Waals surface area contributed by atoms with Crippen molar-refractivity contribution < 1.29 is 17.5 Å². The molecule has 20 heavy (non-hydrogen) atoms. The fraction of sp³-hybridized carbons (Fsp3) is 0.0769. The van der Waals surface area contributed by atoms with E-state index in [4.69, 9.17) is 21.5 Å². The second-order valence-corrected chi connectivity index (χ2v) is 6.04. The topological polar surface area (TPSA) is 69.4 Å². The van der Waals surface area contributed by atoms with Crippen LogP contribution in [0.5, 0.6) is 5.75 Å². The predicted octanol–water partition coefficient (Wildman–Crippen LogP) is 2.71. The second kappa shape index (κ2) is 5.78. The molecule has 0 aromatic heterocycles. The minimum atomic E-state index is -3.73. The fourth-order valence-electron chi connectivity index (χ4n) is 1.54. The molecule has 0 aliphatic heterocycles. The Kier molecular flexibility index (Phi) is 4.27. The Morgan fingerprint density at radius 2 is 1.80 bits per heavy atom. The number of sulfonamides is 1. The summed E-state index contributed by atoms with van der Waals surface area (Å²) in [6.07, 6.45) is 0. The van der Waals surface area contributed by atoms with Gasteiger partial charge in [0.2, 0.25) is 10.0 Å². The van der Waals surface area contributed by atoms with Crippen LogP contribution in [0.4, 0.5) is 4.39 Å². The van der Waals surface area contributed by atoms with Gasteiger partial charge in [0.1, 0.15) is 18.2 Å². The van der Waals surface area contributed by atoms with Crippen LogP contribution in [0.3, 0.4) is 0 Å². The normalized spacial score (nSPS) is 11.3. The quantitative estimate of drug-likeness (QED) is 0.943. The summed E-state index contributed by atoms with van der Waals surface area (Å²) in [5.74, 6) is -0.0210. The van der Waals surface area contributed by atoms with E-state index in [1.165, 1.54) is 42.5 Å². The Morgan fingerprint density at radius 1 is 1.15 bits per heavy atom. The third-order valence-corrected chi connectivity index (χ3v) is 3.72. The highest BCUT2D eigenvalue weighted by Gasteiger charge is 2.08. The van der Waals surface area contributed by atoms with Crippen molar-refractivity contribution in [2.24, 2.45) is 5.14 Å². The maximum atomic E-state index is 13.5. The Labute approximate surface area is 121 Å². The van der Waals surface area contributed by atoms with Gasteiger partial charge < -0.3 is 4.74 Å². The maximum Gasteiger partial charge on any atom is 0.238 e. The van der Waals surface area contributed by atoms with Crippen LogP contribution in [0.1, 0.15) is 5.56 Å². The van der Waals surface area contributed by atoms with Crippen molar-refractivity contribution in [1.82, 2.24) is 0 Å². The van der Waals surface area contributed by atoms with Crippen LogP contribution in [-0.2, 0) is 16.6 Å². The van der Waals surface area contributed by atoms with E-state index in [1.807, 2.05) is 0 Å².